The van der Waals surface area contributed by atoms with E-state index in [9.17, 15) is 28.8 Å². The molecule has 1 unspecified atom stereocenters. The summed E-state index contributed by atoms with van der Waals surface area (Å²) < 4.78 is 5.41. The van der Waals surface area contributed by atoms with Crippen molar-refractivity contribution < 1.29 is 38.6 Å². The predicted molar refractivity (Wildman–Crippen MR) is 136 cm³/mol. The molecule has 204 valence electrons. The molecule has 0 spiro atoms. The number of amides is 4. The second-order valence-corrected chi connectivity index (χ2v) is 11.7. The lowest BCUT2D eigenvalue weighted by molar-refractivity contribution is -0.149. The molecule has 3 aliphatic rings. The van der Waals surface area contributed by atoms with Crippen LogP contribution in [0.15, 0.2) is 12.2 Å². The van der Waals surface area contributed by atoms with E-state index in [0.717, 1.165) is 19.3 Å². The van der Waals surface area contributed by atoms with Gasteiger partial charge in [0, 0.05) is 17.9 Å². The summed E-state index contributed by atoms with van der Waals surface area (Å²) >= 11 is 0. The number of allylic oxidation sites excluding steroid dienone is 1. The van der Waals surface area contributed by atoms with Gasteiger partial charge in [-0.3, -0.25) is 28.8 Å². The smallest absolute Gasteiger partial charge is 0.326 e. The van der Waals surface area contributed by atoms with Crippen LogP contribution in [-0.2, 0) is 33.5 Å². The Morgan fingerprint density at radius 2 is 1.81 bits per heavy atom. The fourth-order valence-electron chi connectivity index (χ4n) is 4.02. The van der Waals surface area contributed by atoms with Gasteiger partial charge in [0.25, 0.3) is 0 Å². The Morgan fingerprint density at radius 3 is 2.51 bits per heavy atom. The number of nitrogens with one attached hydrogen (secondary N) is 4. The first kappa shape index (κ1) is 28.8. The number of carbonyl (C=O) groups excluding carboxylic acids is 5. The number of esters is 1. The number of carboxylic acids is 1. The van der Waals surface area contributed by atoms with E-state index in [0.29, 0.717) is 12.2 Å². The molecule has 2 heterocycles. The van der Waals surface area contributed by atoms with Crippen molar-refractivity contribution in [3.8, 4) is 0 Å². The van der Waals surface area contributed by atoms with Crippen LogP contribution >= 0.6 is 21.6 Å². The maximum absolute atomic E-state index is 13.3. The quantitative estimate of drug-likeness (QED) is 0.178. The van der Waals surface area contributed by atoms with Gasteiger partial charge in [-0.1, -0.05) is 34.1 Å². The van der Waals surface area contributed by atoms with Crippen molar-refractivity contribution in [2.75, 3.05) is 18.1 Å². The molecule has 4 atom stereocenters. The van der Waals surface area contributed by atoms with Crippen molar-refractivity contribution in [2.24, 2.45) is 5.92 Å². The molecule has 0 radical (unpaired) electrons. The van der Waals surface area contributed by atoms with Gasteiger partial charge in [0.15, 0.2) is 0 Å². The van der Waals surface area contributed by atoms with Crippen LogP contribution in [-0.4, -0.2) is 83.0 Å². The van der Waals surface area contributed by atoms with Gasteiger partial charge in [-0.15, -0.1) is 0 Å². The maximum Gasteiger partial charge on any atom is 0.326 e. The lowest BCUT2D eigenvalue weighted by atomic mass is 9.79. The van der Waals surface area contributed by atoms with Gasteiger partial charge in [-0.05, 0) is 37.7 Å². The average Bonchev–Trinajstić information content (AvgIpc) is 2.80. The van der Waals surface area contributed by atoms with Crippen molar-refractivity contribution >= 4 is 57.2 Å². The van der Waals surface area contributed by atoms with Gasteiger partial charge in [0.05, 0.1) is 6.42 Å². The van der Waals surface area contributed by atoms with E-state index in [1.807, 2.05) is 0 Å². The van der Waals surface area contributed by atoms with E-state index in [1.54, 1.807) is 12.2 Å². The van der Waals surface area contributed by atoms with Crippen LogP contribution in [0.1, 0.15) is 44.9 Å². The topological polar surface area (TPSA) is 180 Å². The molecule has 0 aromatic carbocycles. The van der Waals surface area contributed by atoms with Crippen molar-refractivity contribution in [1.82, 2.24) is 21.3 Å². The van der Waals surface area contributed by atoms with Gasteiger partial charge in [-0.25, -0.2) is 0 Å². The minimum Gasteiger partial charge on any atom is -0.481 e. The summed E-state index contributed by atoms with van der Waals surface area (Å²) in [5, 5.41) is 19.5. The summed E-state index contributed by atoms with van der Waals surface area (Å²) in [5.74, 6) is -3.59. The van der Waals surface area contributed by atoms with Crippen LogP contribution in [0, 0.1) is 5.92 Å². The lowest BCUT2D eigenvalue weighted by Gasteiger charge is -2.34. The van der Waals surface area contributed by atoms with Gasteiger partial charge in [-0.2, -0.15) is 0 Å². The van der Waals surface area contributed by atoms with E-state index >= 15 is 0 Å². The van der Waals surface area contributed by atoms with Crippen molar-refractivity contribution in [2.45, 2.75) is 69.2 Å². The third-order valence-corrected chi connectivity index (χ3v) is 8.69. The highest BCUT2D eigenvalue weighted by molar-refractivity contribution is 8.76. The zero-order chi connectivity index (χ0) is 26.8. The Morgan fingerprint density at radius 1 is 1.03 bits per heavy atom. The van der Waals surface area contributed by atoms with Crippen molar-refractivity contribution in [1.29, 1.82) is 0 Å². The molecule has 14 heteroatoms. The molecule has 0 aromatic heterocycles. The van der Waals surface area contributed by atoms with Gasteiger partial charge < -0.3 is 31.1 Å². The summed E-state index contributed by atoms with van der Waals surface area (Å²) in [4.78, 5) is 75.7. The molecule has 1 aliphatic carbocycles. The first-order valence-corrected chi connectivity index (χ1v) is 14.7. The fraction of sp³-hybridized carbons (Fsp3) is 0.652. The van der Waals surface area contributed by atoms with Crippen LogP contribution < -0.4 is 21.3 Å². The number of fused-ring (bicyclic) bond motifs is 7. The molecule has 2 fully saturated rings. The third kappa shape index (κ3) is 9.26. The molecular weight excluding hydrogens is 524 g/mol. The molecule has 2 bridgehead atoms. The number of aliphatic carboxylic acids is 1. The number of hydrogen-bond acceptors (Lipinski definition) is 9. The molecule has 12 nitrogen and oxygen atoms in total. The van der Waals surface area contributed by atoms with E-state index in [-0.39, 0.29) is 30.9 Å². The number of carboxylic acid groups (broad SMARTS) is 1. The Bertz CT molecular complexity index is 926. The molecule has 5 N–H and O–H groups in total. The van der Waals surface area contributed by atoms with Crippen LogP contribution in [0.4, 0.5) is 0 Å². The van der Waals surface area contributed by atoms with Gasteiger partial charge >= 0.3 is 11.9 Å². The van der Waals surface area contributed by atoms with E-state index in [4.69, 9.17) is 9.84 Å². The average molecular weight is 557 g/mol. The summed E-state index contributed by atoms with van der Waals surface area (Å²) in [6.45, 7) is -0.434. The summed E-state index contributed by atoms with van der Waals surface area (Å²) in [6.07, 6.45) is 4.52. The lowest BCUT2D eigenvalue weighted by Crippen LogP contribution is -2.60. The van der Waals surface area contributed by atoms with Crippen LogP contribution in [0.5, 0.6) is 0 Å². The zero-order valence-electron chi connectivity index (χ0n) is 20.2. The minimum atomic E-state index is -1.22. The van der Waals surface area contributed by atoms with E-state index < -0.39 is 66.3 Å². The fourth-order valence-corrected chi connectivity index (χ4v) is 6.18. The van der Waals surface area contributed by atoms with Crippen LogP contribution in [0.2, 0.25) is 0 Å². The largest absolute Gasteiger partial charge is 0.481 e. The highest BCUT2D eigenvalue weighted by Crippen LogP contribution is 2.30. The molecule has 37 heavy (non-hydrogen) atoms. The van der Waals surface area contributed by atoms with Gasteiger partial charge in [0.1, 0.15) is 30.8 Å². The number of carbonyl (C=O) groups is 6. The van der Waals surface area contributed by atoms with Crippen LogP contribution in [0.25, 0.3) is 0 Å². The number of rotatable bonds is 4. The summed E-state index contributed by atoms with van der Waals surface area (Å²) in [6, 6.07) is -3.13. The second kappa shape index (κ2) is 14.3. The molecule has 4 amide bonds. The molecule has 1 saturated heterocycles. The summed E-state index contributed by atoms with van der Waals surface area (Å²) in [7, 11) is 2.86. The van der Waals surface area contributed by atoms with Crippen molar-refractivity contribution in [3.05, 3.63) is 12.2 Å². The number of ether oxygens (including phenoxy) is 1. The Balaban J connectivity index is 1.93. The first-order valence-electron chi connectivity index (χ1n) is 12.2. The molecular formula is C23H32N4O8S2. The molecule has 2 aliphatic heterocycles. The minimum absolute atomic E-state index is 0.0994. The maximum atomic E-state index is 13.3. The normalized spacial score (nSPS) is 29.9. The molecule has 1 saturated carbocycles. The number of hydrogen-bond donors (Lipinski definition) is 5. The summed E-state index contributed by atoms with van der Waals surface area (Å²) in [5.41, 5.74) is 0. The van der Waals surface area contributed by atoms with Crippen LogP contribution in [0.3, 0.4) is 0 Å². The standard InChI is InChI=1S/C23H32N4O8S2/c28-17-10-14-6-1-2-9-36-37-12-16(26-21(32)15(25-17)7-8-18(29)30)22(33)27-20(13-4-3-5-13)23(34)24-11-19(31)35-14/h1,6,13-16,20H,2-5,7-12H2,(H,24,34)(H,25,28)(H,26,32)(H,27,33)(H,29,30)/b6-1+/t14-,15-,16-,20?/m1/s1. The second-order valence-electron chi connectivity index (χ2n) is 9.06. The highest BCUT2D eigenvalue weighted by atomic mass is 33.1. The molecule has 3 rings (SSSR count). The highest BCUT2D eigenvalue weighted by Gasteiger charge is 2.37. The van der Waals surface area contributed by atoms with Crippen molar-refractivity contribution in [3.63, 3.8) is 0 Å². The predicted octanol–water partition coefficient (Wildman–Crippen LogP) is -0.121. The Hall–Kier alpha value is -2.74. The van der Waals surface area contributed by atoms with E-state index in [1.165, 1.54) is 21.6 Å². The Kier molecular flexibility index (Phi) is 11.1. The monoisotopic (exact) mass is 556 g/mol. The van der Waals surface area contributed by atoms with Gasteiger partial charge in [0.2, 0.25) is 23.6 Å². The third-order valence-electron chi connectivity index (χ3n) is 6.25. The zero-order valence-corrected chi connectivity index (χ0v) is 21.9. The van der Waals surface area contributed by atoms with E-state index in [2.05, 4.69) is 21.3 Å². The first-order chi connectivity index (χ1) is 17.7. The Labute approximate surface area is 222 Å². The molecule has 0 aromatic rings. The SMILES string of the molecule is O=C(O)CC[C@H]1NC(=O)C[C@H]2/C=C/CCSSC[C@@H](NC1=O)C(=O)NC(C1CCC1)C(=O)NCC(=O)O2.